The number of hydrogen-bond acceptors (Lipinski definition) is 12. The van der Waals surface area contributed by atoms with Crippen LogP contribution in [-0.2, 0) is 22.7 Å². The Balaban J connectivity index is 0.000000172. The van der Waals surface area contributed by atoms with E-state index in [0.717, 1.165) is 53.0 Å². The van der Waals surface area contributed by atoms with E-state index in [2.05, 4.69) is 28.2 Å². The largest absolute Gasteiger partial charge is 0.487 e. The van der Waals surface area contributed by atoms with Crippen LogP contribution in [0.2, 0.25) is 0 Å². The summed E-state index contributed by atoms with van der Waals surface area (Å²) < 4.78 is 25.7. The van der Waals surface area contributed by atoms with Crippen molar-refractivity contribution in [2.75, 3.05) is 26.7 Å². The highest BCUT2D eigenvalue weighted by Crippen LogP contribution is 2.37. The van der Waals surface area contributed by atoms with Gasteiger partial charge in [0.1, 0.15) is 47.4 Å². The van der Waals surface area contributed by atoms with Crippen LogP contribution in [0.5, 0.6) is 11.5 Å². The Morgan fingerprint density at radius 3 is 1.59 bits per heavy atom. The van der Waals surface area contributed by atoms with E-state index in [4.69, 9.17) is 18.9 Å². The summed E-state index contributed by atoms with van der Waals surface area (Å²) in [6, 6.07) is 35.7. The molecule has 8 aromatic rings. The lowest BCUT2D eigenvalue weighted by atomic mass is 10.2. The Hall–Kier alpha value is -5.54. The highest BCUT2D eigenvalue weighted by molar-refractivity contribution is 7.98. The molecule has 14 heteroatoms. The molecule has 0 fully saturated rings. The molecule has 0 spiro atoms. The molecule has 10 nitrogen and oxygen atoms in total. The van der Waals surface area contributed by atoms with Crippen LogP contribution in [0.25, 0.3) is 32.1 Å². The molecule has 0 unspecified atom stereocenters. The summed E-state index contributed by atoms with van der Waals surface area (Å²) in [5.41, 5.74) is 5.83. The Bertz CT molecular complexity index is 2600. The predicted molar refractivity (Wildman–Crippen MR) is 226 cm³/mol. The summed E-state index contributed by atoms with van der Waals surface area (Å²) in [6.07, 6.45) is 7.61. The van der Waals surface area contributed by atoms with E-state index >= 15 is 0 Å². The number of carbonyl (C=O) groups excluding carboxylic acids is 2. The van der Waals surface area contributed by atoms with Crippen LogP contribution in [0.3, 0.4) is 0 Å². The molecule has 0 saturated heterocycles. The molecule has 56 heavy (non-hydrogen) atoms. The van der Waals surface area contributed by atoms with Crippen LogP contribution in [0.1, 0.15) is 30.5 Å². The molecule has 0 aliphatic carbocycles. The van der Waals surface area contributed by atoms with Crippen molar-refractivity contribution in [2.45, 2.75) is 23.0 Å². The van der Waals surface area contributed by atoms with Crippen LogP contribution in [0.15, 0.2) is 132 Å². The van der Waals surface area contributed by atoms with Crippen LogP contribution >= 0.6 is 46.2 Å². The Labute approximate surface area is 340 Å². The number of rotatable bonds is 12. The third kappa shape index (κ3) is 8.63. The van der Waals surface area contributed by atoms with Gasteiger partial charge in [-0.15, -0.1) is 46.2 Å². The molecule has 0 radical (unpaired) electrons. The molecule has 4 aromatic carbocycles. The zero-order chi connectivity index (χ0) is 39.0. The standard InChI is InChI=1S/2C21H18N2O3S2/c1-25-21(24)20-18(26-12-14-6-4-3-5-7-14)11-19(28-20)23-13-22-16-10-15(27-2)8-9-17(16)23;1-25-21(24)20-18(26-12-14-6-4-3-5-7-14)11-19(28-20)23-13-22-16-9-8-15(27-2)10-17(16)23/h2*3-11,13H,12H2,1-2H3. The monoisotopic (exact) mass is 820 g/mol. The molecular weight excluding hydrogens is 785 g/mol. The number of thiophene rings is 2. The highest BCUT2D eigenvalue weighted by Gasteiger charge is 2.22. The summed E-state index contributed by atoms with van der Waals surface area (Å²) in [7, 11) is 2.75. The first-order chi connectivity index (χ1) is 27.4. The minimum Gasteiger partial charge on any atom is -0.487 e. The van der Waals surface area contributed by atoms with Gasteiger partial charge in [0, 0.05) is 21.9 Å². The van der Waals surface area contributed by atoms with Crippen molar-refractivity contribution < 1.29 is 28.5 Å². The quantitative estimate of drug-likeness (QED) is 0.0873. The molecule has 8 rings (SSSR count). The van der Waals surface area contributed by atoms with Crippen LogP contribution < -0.4 is 9.47 Å². The van der Waals surface area contributed by atoms with E-state index in [1.54, 1.807) is 36.2 Å². The van der Waals surface area contributed by atoms with E-state index in [9.17, 15) is 9.59 Å². The molecule has 284 valence electrons. The lowest BCUT2D eigenvalue weighted by Crippen LogP contribution is -2.02. The minimum absolute atomic E-state index is 0.377. The first-order valence-corrected chi connectivity index (χ1v) is 21.3. The van der Waals surface area contributed by atoms with Crippen LogP contribution in [0.4, 0.5) is 0 Å². The van der Waals surface area contributed by atoms with Gasteiger partial charge in [0.05, 0.1) is 36.3 Å². The fraction of sp³-hybridized carbons (Fsp3) is 0.143. The van der Waals surface area contributed by atoms with Gasteiger partial charge in [-0.3, -0.25) is 9.13 Å². The van der Waals surface area contributed by atoms with Crippen molar-refractivity contribution in [2.24, 2.45) is 0 Å². The summed E-state index contributed by atoms with van der Waals surface area (Å²) in [5, 5.41) is 1.70. The zero-order valence-electron chi connectivity index (χ0n) is 30.8. The van der Waals surface area contributed by atoms with E-state index in [-0.39, 0.29) is 0 Å². The zero-order valence-corrected chi connectivity index (χ0v) is 34.1. The van der Waals surface area contributed by atoms with E-state index in [1.165, 1.54) is 36.9 Å². The maximum Gasteiger partial charge on any atom is 0.351 e. The first-order valence-electron chi connectivity index (χ1n) is 17.2. The Morgan fingerprint density at radius 2 is 1.07 bits per heavy atom. The SMILES string of the molecule is COC(=O)c1sc(-n2cnc3cc(SC)ccc32)cc1OCc1ccccc1.COC(=O)c1sc(-n2cnc3ccc(SC)cc32)cc1OCc1ccccc1. The van der Waals surface area contributed by atoms with Crippen molar-refractivity contribution >= 4 is 80.2 Å². The van der Waals surface area contributed by atoms with Crippen molar-refractivity contribution in [3.63, 3.8) is 0 Å². The number of imidazole rings is 2. The average Bonchev–Trinajstić information content (AvgIpc) is 4.06. The van der Waals surface area contributed by atoms with Gasteiger partial charge in [0.15, 0.2) is 9.75 Å². The number of ether oxygens (including phenoxy) is 4. The Morgan fingerprint density at radius 1 is 0.589 bits per heavy atom. The molecule has 4 aromatic heterocycles. The molecule has 0 aliphatic rings. The van der Waals surface area contributed by atoms with Gasteiger partial charge in [-0.25, -0.2) is 19.6 Å². The minimum atomic E-state index is -0.409. The molecule has 0 N–H and O–H groups in total. The third-order valence-corrected chi connectivity index (χ3v) is 12.2. The summed E-state index contributed by atoms with van der Waals surface area (Å²) in [4.78, 5) is 36.7. The molecule has 0 aliphatic heterocycles. The summed E-state index contributed by atoms with van der Waals surface area (Å²) >= 11 is 6.01. The van der Waals surface area contributed by atoms with E-state index < -0.39 is 11.9 Å². The number of benzene rings is 4. The van der Waals surface area contributed by atoms with Gasteiger partial charge in [-0.2, -0.15) is 0 Å². The van der Waals surface area contributed by atoms with Crippen LogP contribution in [-0.4, -0.2) is 57.8 Å². The number of nitrogens with zero attached hydrogens (tertiary/aromatic N) is 4. The van der Waals surface area contributed by atoms with Crippen molar-refractivity contribution in [3.8, 4) is 21.5 Å². The van der Waals surface area contributed by atoms with Gasteiger partial charge in [0.25, 0.3) is 0 Å². The maximum atomic E-state index is 12.3. The average molecular weight is 821 g/mol. The number of esters is 2. The molecule has 0 amide bonds. The second kappa shape index (κ2) is 17.9. The smallest absolute Gasteiger partial charge is 0.351 e. The fourth-order valence-corrected chi connectivity index (χ4v) is 8.58. The van der Waals surface area contributed by atoms with Gasteiger partial charge in [-0.05, 0) is 60.0 Å². The highest BCUT2D eigenvalue weighted by atomic mass is 32.2. The number of hydrogen-bond donors (Lipinski definition) is 0. The van der Waals surface area contributed by atoms with E-state index in [1.807, 2.05) is 113 Å². The van der Waals surface area contributed by atoms with Gasteiger partial charge in [0.2, 0.25) is 0 Å². The second-order valence-electron chi connectivity index (χ2n) is 12.0. The first kappa shape index (κ1) is 38.7. The van der Waals surface area contributed by atoms with Gasteiger partial charge < -0.3 is 18.9 Å². The third-order valence-electron chi connectivity index (χ3n) is 8.57. The number of fused-ring (bicyclic) bond motifs is 2. The van der Waals surface area contributed by atoms with Crippen molar-refractivity contribution in [1.82, 2.24) is 19.1 Å². The van der Waals surface area contributed by atoms with Gasteiger partial charge in [-0.1, -0.05) is 60.7 Å². The second-order valence-corrected chi connectivity index (χ2v) is 15.8. The van der Waals surface area contributed by atoms with Gasteiger partial charge >= 0.3 is 11.9 Å². The molecular formula is C42H36N4O6S4. The predicted octanol–water partition coefficient (Wildman–Crippen LogP) is 10.3. The van der Waals surface area contributed by atoms with Crippen molar-refractivity contribution in [1.29, 1.82) is 0 Å². The fourth-order valence-electron chi connectivity index (χ4n) is 5.70. The van der Waals surface area contributed by atoms with Crippen molar-refractivity contribution in [3.05, 3.63) is 143 Å². The maximum absolute atomic E-state index is 12.3. The molecule has 0 atom stereocenters. The lowest BCUT2D eigenvalue weighted by Gasteiger charge is -2.06. The number of methoxy groups -OCH3 is 2. The lowest BCUT2D eigenvalue weighted by molar-refractivity contribution is 0.0592. The Kier molecular flexibility index (Phi) is 12.4. The van der Waals surface area contributed by atoms with Crippen LogP contribution in [0, 0.1) is 0 Å². The number of aromatic nitrogens is 4. The summed E-state index contributed by atoms with van der Waals surface area (Å²) in [6.45, 7) is 0.755. The summed E-state index contributed by atoms with van der Waals surface area (Å²) in [5.74, 6) is 0.207. The molecule has 4 heterocycles. The number of carbonyl (C=O) groups is 2. The molecule has 0 bridgehead atoms. The normalized spacial score (nSPS) is 10.9. The van der Waals surface area contributed by atoms with E-state index in [0.29, 0.717) is 34.5 Å². The number of thioether (sulfide) groups is 2. The topological polar surface area (TPSA) is 107 Å². The molecule has 0 saturated carbocycles.